The first-order chi connectivity index (χ1) is 11.6. The number of amides is 1. The van der Waals surface area contributed by atoms with Crippen LogP contribution < -0.4 is 0 Å². The summed E-state index contributed by atoms with van der Waals surface area (Å²) in [6.45, 7) is 1.19. The smallest absolute Gasteiger partial charge is 0.326 e. The van der Waals surface area contributed by atoms with Gasteiger partial charge < -0.3 is 14.7 Å². The molecule has 1 amide bonds. The fraction of sp³-hybridized carbons (Fsp3) is 0.333. The minimum absolute atomic E-state index is 0.252. The summed E-state index contributed by atoms with van der Waals surface area (Å²) >= 11 is 1.44. The third-order valence-electron chi connectivity index (χ3n) is 4.18. The highest BCUT2D eigenvalue weighted by Crippen LogP contribution is 2.28. The predicted molar refractivity (Wildman–Crippen MR) is 91.3 cm³/mol. The van der Waals surface area contributed by atoms with Crippen LogP contribution in [-0.4, -0.2) is 41.6 Å². The minimum atomic E-state index is -1.00. The lowest BCUT2D eigenvalue weighted by Crippen LogP contribution is -2.43. The van der Waals surface area contributed by atoms with Crippen molar-refractivity contribution in [2.24, 2.45) is 0 Å². The van der Waals surface area contributed by atoms with Gasteiger partial charge in [0, 0.05) is 24.8 Å². The number of rotatable bonds is 5. The number of ether oxygens (including phenoxy) is 1. The molecule has 1 aliphatic heterocycles. The number of thiophene rings is 1. The number of carbonyl (C=O) groups excluding carboxylic acids is 1. The van der Waals surface area contributed by atoms with Gasteiger partial charge in [0.15, 0.2) is 0 Å². The van der Waals surface area contributed by atoms with Crippen molar-refractivity contribution in [2.45, 2.75) is 25.5 Å². The van der Waals surface area contributed by atoms with Gasteiger partial charge in [-0.2, -0.15) is 0 Å². The molecule has 0 radical (unpaired) electrons. The van der Waals surface area contributed by atoms with E-state index in [0.29, 0.717) is 18.1 Å². The van der Waals surface area contributed by atoms with Crippen LogP contribution in [0, 0.1) is 0 Å². The third-order valence-corrected chi connectivity index (χ3v) is 5.41. The Labute approximate surface area is 144 Å². The van der Waals surface area contributed by atoms with Crippen molar-refractivity contribution in [3.63, 3.8) is 0 Å². The van der Waals surface area contributed by atoms with Crippen molar-refractivity contribution in [3.05, 3.63) is 57.3 Å². The topological polar surface area (TPSA) is 66.8 Å². The van der Waals surface area contributed by atoms with Crippen LogP contribution in [0.2, 0.25) is 0 Å². The molecule has 24 heavy (non-hydrogen) atoms. The van der Waals surface area contributed by atoms with E-state index < -0.39 is 12.0 Å². The summed E-state index contributed by atoms with van der Waals surface area (Å²) in [6.07, 6.45) is 1.09. The Balaban J connectivity index is 1.79. The van der Waals surface area contributed by atoms with E-state index in [1.54, 1.807) is 7.05 Å². The van der Waals surface area contributed by atoms with Gasteiger partial charge in [0.2, 0.25) is 0 Å². The quantitative estimate of drug-likeness (QED) is 0.904. The van der Waals surface area contributed by atoms with Crippen LogP contribution in [0.4, 0.5) is 0 Å². The van der Waals surface area contributed by atoms with Gasteiger partial charge in [-0.3, -0.25) is 4.79 Å². The van der Waals surface area contributed by atoms with Crippen molar-refractivity contribution < 1.29 is 19.4 Å². The van der Waals surface area contributed by atoms with Crippen LogP contribution in [0.15, 0.2) is 36.4 Å². The third kappa shape index (κ3) is 3.49. The largest absolute Gasteiger partial charge is 0.480 e. The molecule has 1 N–H and O–H groups in total. The monoisotopic (exact) mass is 345 g/mol. The number of fused-ring (bicyclic) bond motifs is 1. The summed E-state index contributed by atoms with van der Waals surface area (Å²) in [4.78, 5) is 27.5. The van der Waals surface area contributed by atoms with Crippen LogP contribution in [0.25, 0.3) is 0 Å². The summed E-state index contributed by atoms with van der Waals surface area (Å²) in [7, 11) is 1.55. The zero-order valence-corrected chi connectivity index (χ0v) is 14.2. The van der Waals surface area contributed by atoms with Crippen LogP contribution in [0.5, 0.6) is 0 Å². The highest BCUT2D eigenvalue weighted by Gasteiger charge is 2.29. The van der Waals surface area contributed by atoms with Crippen LogP contribution in [0.3, 0.4) is 0 Å². The average molecular weight is 345 g/mol. The van der Waals surface area contributed by atoms with E-state index in [0.717, 1.165) is 22.4 Å². The summed E-state index contributed by atoms with van der Waals surface area (Å²) in [5.74, 6) is -1.25. The maximum atomic E-state index is 12.7. The summed E-state index contributed by atoms with van der Waals surface area (Å²) in [5.41, 5.74) is 1.93. The minimum Gasteiger partial charge on any atom is -0.480 e. The normalized spacial score (nSPS) is 14.7. The number of likely N-dealkylation sites (N-methyl/N-ethyl adjacent to an activating group) is 1. The molecule has 1 aromatic heterocycles. The summed E-state index contributed by atoms with van der Waals surface area (Å²) in [5, 5.41) is 9.55. The first kappa shape index (κ1) is 16.7. The molecule has 2 heterocycles. The Morgan fingerprint density at radius 3 is 2.75 bits per heavy atom. The molecule has 0 spiro atoms. The van der Waals surface area contributed by atoms with Gasteiger partial charge in [0.25, 0.3) is 5.91 Å². The average Bonchev–Trinajstić information content (AvgIpc) is 3.03. The molecular formula is C18H19NO4S. The molecule has 1 aromatic carbocycles. The second-order valence-corrected chi connectivity index (χ2v) is 6.96. The van der Waals surface area contributed by atoms with Crippen molar-refractivity contribution in [1.29, 1.82) is 0 Å². The van der Waals surface area contributed by atoms with Crippen molar-refractivity contribution >= 4 is 23.2 Å². The fourth-order valence-corrected chi connectivity index (χ4v) is 3.93. The van der Waals surface area contributed by atoms with Crippen molar-refractivity contribution in [2.75, 3.05) is 13.7 Å². The van der Waals surface area contributed by atoms with E-state index in [4.69, 9.17) is 4.74 Å². The van der Waals surface area contributed by atoms with Gasteiger partial charge in [0.1, 0.15) is 6.04 Å². The van der Waals surface area contributed by atoms with Gasteiger partial charge in [-0.25, -0.2) is 4.79 Å². The Morgan fingerprint density at radius 2 is 2.08 bits per heavy atom. The molecular weight excluding hydrogens is 326 g/mol. The van der Waals surface area contributed by atoms with Gasteiger partial charge in [-0.15, -0.1) is 11.3 Å². The Bertz CT molecular complexity index is 717. The van der Waals surface area contributed by atoms with Crippen LogP contribution in [0.1, 0.15) is 25.7 Å². The number of aliphatic carboxylic acids is 1. The lowest BCUT2D eigenvalue weighted by atomic mass is 10.0. The molecule has 6 heteroatoms. The maximum Gasteiger partial charge on any atom is 0.326 e. The number of hydrogen-bond donors (Lipinski definition) is 1. The van der Waals surface area contributed by atoms with Crippen molar-refractivity contribution in [1.82, 2.24) is 4.90 Å². The van der Waals surface area contributed by atoms with Gasteiger partial charge in [-0.05, 0) is 17.2 Å². The summed E-state index contributed by atoms with van der Waals surface area (Å²) < 4.78 is 5.40. The zero-order chi connectivity index (χ0) is 17.1. The van der Waals surface area contributed by atoms with E-state index in [9.17, 15) is 14.7 Å². The van der Waals surface area contributed by atoms with Gasteiger partial charge in [0.05, 0.1) is 18.1 Å². The van der Waals surface area contributed by atoms with Crippen molar-refractivity contribution in [3.8, 4) is 0 Å². The number of hydrogen-bond acceptors (Lipinski definition) is 4. The van der Waals surface area contributed by atoms with Crippen LogP contribution >= 0.6 is 11.3 Å². The van der Waals surface area contributed by atoms with E-state index in [1.807, 2.05) is 36.4 Å². The second kappa shape index (κ2) is 7.15. The molecule has 1 atom stereocenters. The molecule has 1 unspecified atom stereocenters. The fourth-order valence-electron chi connectivity index (χ4n) is 2.80. The number of benzene rings is 1. The molecule has 0 bridgehead atoms. The number of carbonyl (C=O) groups is 2. The molecule has 126 valence electrons. The second-order valence-electron chi connectivity index (χ2n) is 5.82. The maximum absolute atomic E-state index is 12.7. The number of carboxylic acid groups (broad SMARTS) is 1. The Morgan fingerprint density at radius 1 is 1.33 bits per heavy atom. The molecule has 0 fully saturated rings. The molecule has 0 saturated heterocycles. The standard InChI is InChI=1S/C18H19NO4S/c1-19(14(18(21)22)9-12-5-3-2-4-6-12)17(20)16-10-13-11-23-8-7-15(13)24-16/h2-6,10,14H,7-9,11H2,1H3,(H,21,22). The lowest BCUT2D eigenvalue weighted by molar-refractivity contribution is -0.141. The molecule has 3 rings (SSSR count). The Hall–Kier alpha value is -2.18. The molecule has 0 saturated carbocycles. The zero-order valence-electron chi connectivity index (χ0n) is 13.4. The van der Waals surface area contributed by atoms with E-state index in [1.165, 1.54) is 16.2 Å². The lowest BCUT2D eigenvalue weighted by Gasteiger charge is -2.24. The molecule has 0 aliphatic carbocycles. The number of carboxylic acids is 1. The highest BCUT2D eigenvalue weighted by atomic mass is 32.1. The summed E-state index contributed by atoms with van der Waals surface area (Å²) in [6, 6.07) is 10.3. The number of nitrogens with zero attached hydrogens (tertiary/aromatic N) is 1. The molecule has 1 aliphatic rings. The van der Waals surface area contributed by atoms with E-state index >= 15 is 0 Å². The van der Waals surface area contributed by atoms with E-state index in [2.05, 4.69) is 0 Å². The SMILES string of the molecule is CN(C(=O)c1cc2c(s1)CCOC2)C(Cc1ccccc1)C(=O)O. The van der Waals surface area contributed by atoms with Gasteiger partial charge in [-0.1, -0.05) is 30.3 Å². The predicted octanol–water partition coefficient (Wildman–Crippen LogP) is 2.59. The molecule has 5 nitrogen and oxygen atoms in total. The first-order valence-electron chi connectivity index (χ1n) is 7.79. The van der Waals surface area contributed by atoms with Crippen LogP contribution in [-0.2, 0) is 29.0 Å². The Kier molecular flexibility index (Phi) is 4.97. The highest BCUT2D eigenvalue weighted by molar-refractivity contribution is 7.14. The first-order valence-corrected chi connectivity index (χ1v) is 8.61. The van der Waals surface area contributed by atoms with E-state index in [-0.39, 0.29) is 12.3 Å². The molecule has 2 aromatic rings. The van der Waals surface area contributed by atoms with Gasteiger partial charge >= 0.3 is 5.97 Å².